The molecule has 5 nitrogen and oxygen atoms in total. The largest absolute Gasteiger partial charge is 0.496 e. The molecule has 0 aliphatic rings. The normalized spacial score (nSPS) is 10.3. The first-order valence-corrected chi connectivity index (χ1v) is 5.85. The lowest BCUT2D eigenvalue weighted by Crippen LogP contribution is -2.03. The van der Waals surface area contributed by atoms with Crippen LogP contribution in [0.25, 0.3) is 11.3 Å². The fraction of sp³-hybridized carbons (Fsp3) is 0.286. The highest BCUT2D eigenvalue weighted by Gasteiger charge is 2.15. The molecule has 0 spiro atoms. The van der Waals surface area contributed by atoms with Crippen LogP contribution in [-0.4, -0.2) is 30.2 Å². The summed E-state index contributed by atoms with van der Waals surface area (Å²) in [7, 11) is 2.95. The van der Waals surface area contributed by atoms with Crippen molar-refractivity contribution in [1.82, 2.24) is 9.97 Å². The number of aromatic nitrogens is 2. The molecule has 5 heteroatoms. The minimum Gasteiger partial charge on any atom is -0.496 e. The molecule has 0 aliphatic heterocycles. The molecule has 2 aromatic rings. The molecule has 0 radical (unpaired) electrons. The number of nitrogens with zero attached hydrogens (tertiary/aromatic N) is 1. The van der Waals surface area contributed by atoms with Gasteiger partial charge in [-0.05, 0) is 31.0 Å². The Kier molecular flexibility index (Phi) is 3.55. The minimum atomic E-state index is -0.491. The van der Waals surface area contributed by atoms with E-state index in [2.05, 4.69) is 14.7 Å². The summed E-state index contributed by atoms with van der Waals surface area (Å²) < 4.78 is 10.0. The second-order valence-corrected chi connectivity index (χ2v) is 4.30. The second kappa shape index (κ2) is 5.14. The van der Waals surface area contributed by atoms with Gasteiger partial charge < -0.3 is 14.5 Å². The quantitative estimate of drug-likeness (QED) is 0.861. The van der Waals surface area contributed by atoms with Crippen LogP contribution in [0.2, 0.25) is 0 Å². The number of ether oxygens (including phenoxy) is 2. The highest BCUT2D eigenvalue weighted by atomic mass is 16.5. The van der Waals surface area contributed by atoms with Gasteiger partial charge in [-0.15, -0.1) is 0 Å². The molecule has 0 fully saturated rings. The summed E-state index contributed by atoms with van der Waals surface area (Å²) >= 11 is 0. The average Bonchev–Trinajstić information content (AvgIpc) is 2.86. The van der Waals surface area contributed by atoms with Crippen LogP contribution in [0.4, 0.5) is 0 Å². The highest BCUT2D eigenvalue weighted by molar-refractivity contribution is 5.86. The van der Waals surface area contributed by atoms with Gasteiger partial charge in [0.2, 0.25) is 5.82 Å². The standard InChI is InChI=1S/C14H16N2O3/c1-8-5-9(2)12(18-3)10(6-8)11-7-15-13(16-11)14(17)19-4/h5-7H,1-4H3,(H,15,16). The summed E-state index contributed by atoms with van der Waals surface area (Å²) in [5, 5.41) is 0. The molecule has 100 valence electrons. The molecular formula is C14H16N2O3. The van der Waals surface area contributed by atoms with Crippen molar-refractivity contribution in [3.63, 3.8) is 0 Å². The van der Waals surface area contributed by atoms with Crippen LogP contribution in [0, 0.1) is 13.8 Å². The smallest absolute Gasteiger partial charge is 0.374 e. The van der Waals surface area contributed by atoms with E-state index in [4.69, 9.17) is 4.74 Å². The summed E-state index contributed by atoms with van der Waals surface area (Å²) in [6, 6.07) is 4.03. The maximum Gasteiger partial charge on any atom is 0.374 e. The molecule has 0 atom stereocenters. The third kappa shape index (κ3) is 2.45. The number of aromatic amines is 1. The lowest BCUT2D eigenvalue weighted by molar-refractivity contribution is 0.0588. The Balaban J connectivity index is 2.52. The van der Waals surface area contributed by atoms with Gasteiger partial charge in [-0.3, -0.25) is 0 Å². The Bertz CT molecular complexity index is 617. The summed E-state index contributed by atoms with van der Waals surface area (Å²) in [6.07, 6.45) is 1.60. The summed E-state index contributed by atoms with van der Waals surface area (Å²) in [5.74, 6) is 0.457. The van der Waals surface area contributed by atoms with Gasteiger partial charge in [0.25, 0.3) is 0 Å². The maximum atomic E-state index is 11.4. The van der Waals surface area contributed by atoms with Gasteiger partial charge in [-0.1, -0.05) is 6.07 Å². The van der Waals surface area contributed by atoms with Crippen LogP contribution in [0.1, 0.15) is 21.7 Å². The number of carbonyl (C=O) groups excluding carboxylic acids is 1. The molecule has 0 aliphatic carbocycles. The fourth-order valence-electron chi connectivity index (χ4n) is 2.08. The van der Waals surface area contributed by atoms with E-state index in [0.29, 0.717) is 0 Å². The Labute approximate surface area is 111 Å². The molecule has 0 saturated carbocycles. The van der Waals surface area contributed by atoms with Crippen molar-refractivity contribution in [3.8, 4) is 17.0 Å². The molecule has 19 heavy (non-hydrogen) atoms. The van der Waals surface area contributed by atoms with E-state index in [-0.39, 0.29) is 5.82 Å². The van der Waals surface area contributed by atoms with Crippen molar-refractivity contribution in [1.29, 1.82) is 0 Å². The van der Waals surface area contributed by atoms with E-state index >= 15 is 0 Å². The number of hydrogen-bond acceptors (Lipinski definition) is 4. The number of imidazole rings is 1. The van der Waals surface area contributed by atoms with Gasteiger partial charge in [0.1, 0.15) is 5.75 Å². The molecule has 1 N–H and O–H groups in total. The molecule has 0 saturated heterocycles. The second-order valence-electron chi connectivity index (χ2n) is 4.30. The number of carbonyl (C=O) groups is 1. The van der Waals surface area contributed by atoms with Gasteiger partial charge in [0, 0.05) is 5.56 Å². The Morgan fingerprint density at radius 3 is 2.63 bits per heavy atom. The minimum absolute atomic E-state index is 0.179. The van der Waals surface area contributed by atoms with E-state index in [0.717, 1.165) is 28.1 Å². The zero-order valence-electron chi connectivity index (χ0n) is 11.4. The van der Waals surface area contributed by atoms with E-state index in [1.54, 1.807) is 13.3 Å². The van der Waals surface area contributed by atoms with Crippen LogP contribution >= 0.6 is 0 Å². The van der Waals surface area contributed by atoms with E-state index in [9.17, 15) is 4.79 Å². The van der Waals surface area contributed by atoms with Gasteiger partial charge in [-0.25, -0.2) is 9.78 Å². The number of nitrogens with one attached hydrogen (secondary N) is 1. The van der Waals surface area contributed by atoms with Crippen molar-refractivity contribution < 1.29 is 14.3 Å². The van der Waals surface area contributed by atoms with Crippen LogP contribution in [0.3, 0.4) is 0 Å². The number of H-pyrrole nitrogens is 1. The van der Waals surface area contributed by atoms with Crippen molar-refractivity contribution in [2.24, 2.45) is 0 Å². The number of aryl methyl sites for hydroxylation is 2. The monoisotopic (exact) mass is 260 g/mol. The number of esters is 1. The summed E-state index contributed by atoms with van der Waals surface area (Å²) in [6.45, 7) is 3.99. The molecule has 2 rings (SSSR count). The maximum absolute atomic E-state index is 11.4. The number of hydrogen-bond donors (Lipinski definition) is 1. The Morgan fingerprint density at radius 1 is 1.26 bits per heavy atom. The molecule has 1 aromatic heterocycles. The third-order valence-corrected chi connectivity index (χ3v) is 2.87. The van der Waals surface area contributed by atoms with Crippen LogP contribution in [-0.2, 0) is 4.74 Å². The van der Waals surface area contributed by atoms with Crippen molar-refractivity contribution in [3.05, 3.63) is 35.3 Å². The van der Waals surface area contributed by atoms with Crippen LogP contribution in [0.15, 0.2) is 18.3 Å². The van der Waals surface area contributed by atoms with Crippen molar-refractivity contribution in [2.45, 2.75) is 13.8 Å². The Hall–Kier alpha value is -2.30. The first-order chi connectivity index (χ1) is 9.06. The highest BCUT2D eigenvalue weighted by Crippen LogP contribution is 2.33. The predicted molar refractivity (Wildman–Crippen MR) is 71.4 cm³/mol. The van der Waals surface area contributed by atoms with Crippen molar-refractivity contribution >= 4 is 5.97 Å². The van der Waals surface area contributed by atoms with Crippen LogP contribution < -0.4 is 4.74 Å². The molecular weight excluding hydrogens is 244 g/mol. The zero-order chi connectivity index (χ0) is 14.0. The lowest BCUT2D eigenvalue weighted by atomic mass is 10.0. The number of benzene rings is 1. The average molecular weight is 260 g/mol. The van der Waals surface area contributed by atoms with E-state index in [1.807, 2.05) is 26.0 Å². The first kappa shape index (κ1) is 13.1. The molecule has 0 unspecified atom stereocenters. The van der Waals surface area contributed by atoms with E-state index in [1.165, 1.54) is 7.11 Å². The number of methoxy groups -OCH3 is 2. The predicted octanol–water partition coefficient (Wildman–Crippen LogP) is 2.49. The first-order valence-electron chi connectivity index (χ1n) is 5.85. The SMILES string of the molecule is COC(=O)c1ncc(-c2cc(C)cc(C)c2OC)[nH]1. The number of rotatable bonds is 3. The lowest BCUT2D eigenvalue weighted by Gasteiger charge is -2.11. The molecule has 0 amide bonds. The van der Waals surface area contributed by atoms with Gasteiger partial charge in [0.05, 0.1) is 26.1 Å². The van der Waals surface area contributed by atoms with Crippen molar-refractivity contribution in [2.75, 3.05) is 14.2 Å². The van der Waals surface area contributed by atoms with E-state index < -0.39 is 5.97 Å². The molecule has 0 bridgehead atoms. The van der Waals surface area contributed by atoms with Gasteiger partial charge in [0.15, 0.2) is 0 Å². The Morgan fingerprint density at radius 2 is 2.00 bits per heavy atom. The van der Waals surface area contributed by atoms with Crippen LogP contribution in [0.5, 0.6) is 5.75 Å². The van der Waals surface area contributed by atoms with Gasteiger partial charge in [-0.2, -0.15) is 0 Å². The summed E-state index contributed by atoms with van der Waals surface area (Å²) in [5.41, 5.74) is 3.75. The topological polar surface area (TPSA) is 64.2 Å². The molecule has 1 heterocycles. The fourth-order valence-corrected chi connectivity index (χ4v) is 2.08. The van der Waals surface area contributed by atoms with Gasteiger partial charge >= 0.3 is 5.97 Å². The summed E-state index contributed by atoms with van der Waals surface area (Å²) in [4.78, 5) is 18.4. The third-order valence-electron chi connectivity index (χ3n) is 2.87. The zero-order valence-corrected chi connectivity index (χ0v) is 11.4. The molecule has 1 aromatic carbocycles.